The second-order valence-electron chi connectivity index (χ2n) is 10.1. The highest BCUT2D eigenvalue weighted by Gasteiger charge is 2.93. The molecule has 0 aliphatic heterocycles. The van der Waals surface area contributed by atoms with E-state index in [2.05, 4.69) is 13.8 Å². The fourth-order valence-corrected chi connectivity index (χ4v) is 5.98. The molecule has 0 heterocycles. The molecule has 32 heavy (non-hydrogen) atoms. The quantitative estimate of drug-likeness (QED) is 0.405. The summed E-state index contributed by atoms with van der Waals surface area (Å²) in [6.07, 6.45) is -3.08. The van der Waals surface area contributed by atoms with Gasteiger partial charge in [0, 0.05) is 5.92 Å². The van der Waals surface area contributed by atoms with Crippen LogP contribution in [0.1, 0.15) is 73.6 Å². The Kier molecular flexibility index (Phi) is 5.56. The number of aliphatic hydroxyl groups is 6. The van der Waals surface area contributed by atoms with Crippen LogP contribution in [0.2, 0.25) is 0 Å². The first-order valence-corrected chi connectivity index (χ1v) is 11.3. The Morgan fingerprint density at radius 1 is 0.781 bits per heavy atom. The molecular weight excluding hydrogens is 408 g/mol. The lowest BCUT2D eigenvalue weighted by Gasteiger charge is -2.80. The number of fused-ring (bicyclic) bond motifs is 1. The van der Waals surface area contributed by atoms with Crippen LogP contribution in [-0.2, 0) is 0 Å². The van der Waals surface area contributed by atoms with Gasteiger partial charge in [0.25, 0.3) is 0 Å². The van der Waals surface area contributed by atoms with Crippen molar-refractivity contribution < 1.29 is 30.6 Å². The number of hydrogen-bond acceptors (Lipinski definition) is 6. The Bertz CT molecular complexity index is 969. The number of benzene rings is 2. The molecule has 174 valence electrons. The van der Waals surface area contributed by atoms with Gasteiger partial charge in [0.1, 0.15) is 22.9 Å². The molecule has 2 aliphatic carbocycles. The minimum atomic E-state index is -2.25. The Balaban J connectivity index is 1.78. The van der Waals surface area contributed by atoms with E-state index in [4.69, 9.17) is 0 Å². The summed E-state index contributed by atoms with van der Waals surface area (Å²) < 4.78 is 0. The number of hydrogen-bond donors (Lipinski definition) is 6. The van der Waals surface area contributed by atoms with Gasteiger partial charge in [-0.2, -0.15) is 0 Å². The van der Waals surface area contributed by atoms with Gasteiger partial charge >= 0.3 is 0 Å². The maximum Gasteiger partial charge on any atom is 0.138 e. The van der Waals surface area contributed by atoms with Crippen molar-refractivity contribution in [2.75, 3.05) is 6.61 Å². The van der Waals surface area contributed by atoms with E-state index in [1.54, 1.807) is 24.3 Å². The predicted molar refractivity (Wildman–Crippen MR) is 120 cm³/mol. The summed E-state index contributed by atoms with van der Waals surface area (Å²) in [6.45, 7) is 7.39. The van der Waals surface area contributed by atoms with E-state index in [9.17, 15) is 30.6 Å². The molecule has 0 saturated heterocycles. The van der Waals surface area contributed by atoms with Crippen molar-refractivity contribution in [3.63, 3.8) is 0 Å². The van der Waals surface area contributed by atoms with Crippen LogP contribution in [0, 0.1) is 0 Å². The first-order chi connectivity index (χ1) is 15.0. The molecular formula is C26H34O6. The zero-order valence-electron chi connectivity index (χ0n) is 19.0. The maximum absolute atomic E-state index is 11.7. The third-order valence-electron chi connectivity index (χ3n) is 7.90. The smallest absolute Gasteiger partial charge is 0.138 e. The minimum absolute atomic E-state index is 0.278. The summed E-state index contributed by atoms with van der Waals surface area (Å²) in [6, 6.07) is 14.5. The molecule has 0 aromatic heterocycles. The summed E-state index contributed by atoms with van der Waals surface area (Å²) in [5.74, 6) is -1.62. The summed E-state index contributed by atoms with van der Waals surface area (Å²) in [5.41, 5.74) is -3.40. The van der Waals surface area contributed by atoms with E-state index in [-0.39, 0.29) is 5.92 Å². The van der Waals surface area contributed by atoms with E-state index in [0.29, 0.717) is 17.0 Å². The lowest BCUT2D eigenvalue weighted by atomic mass is 9.30. The normalized spacial score (nSPS) is 37.1. The Hall–Kier alpha value is -1.80. The van der Waals surface area contributed by atoms with Crippen molar-refractivity contribution in [3.05, 3.63) is 70.8 Å². The maximum atomic E-state index is 11.7. The minimum Gasteiger partial charge on any atom is -0.394 e. The van der Waals surface area contributed by atoms with Gasteiger partial charge in [-0.05, 0) is 34.1 Å². The molecule has 0 bridgehead atoms. The average molecular weight is 443 g/mol. The first-order valence-electron chi connectivity index (χ1n) is 11.3. The lowest BCUT2D eigenvalue weighted by Crippen LogP contribution is -2.99. The molecule has 2 fully saturated rings. The molecule has 6 N–H and O–H groups in total. The summed E-state index contributed by atoms with van der Waals surface area (Å²) in [5, 5.41) is 66.2. The first kappa shape index (κ1) is 23.4. The summed E-state index contributed by atoms with van der Waals surface area (Å²) >= 11 is 0. The van der Waals surface area contributed by atoms with Gasteiger partial charge in [-0.15, -0.1) is 0 Å². The van der Waals surface area contributed by atoms with Gasteiger partial charge < -0.3 is 30.6 Å². The van der Waals surface area contributed by atoms with Crippen molar-refractivity contribution in [1.82, 2.24) is 0 Å². The average Bonchev–Trinajstić information content (AvgIpc) is 2.78. The van der Waals surface area contributed by atoms with Gasteiger partial charge in [0.2, 0.25) is 0 Å². The van der Waals surface area contributed by atoms with E-state index < -0.39 is 47.5 Å². The van der Waals surface area contributed by atoms with E-state index in [0.717, 1.165) is 11.1 Å². The van der Waals surface area contributed by atoms with Crippen molar-refractivity contribution in [2.45, 2.75) is 80.4 Å². The van der Waals surface area contributed by atoms with Crippen molar-refractivity contribution in [1.29, 1.82) is 0 Å². The molecule has 2 saturated carbocycles. The second-order valence-corrected chi connectivity index (χ2v) is 10.1. The third kappa shape index (κ3) is 2.68. The highest BCUT2D eigenvalue weighted by atomic mass is 16.5. The van der Waals surface area contributed by atoms with Gasteiger partial charge in [-0.25, -0.2) is 0 Å². The standard InChI is InChI=1S/C26H34O6/c1-14(2)16-5-9-18(10-6-16)21-23(29)25(31)22(19-11-7-17(8-12-19)15(3)4)24(30,20(28)13-27)26(21,25)32/h5-12,14-15,20-23,27-32H,13H2,1-4H3/t20-,21?,22?,23?,24+,25+,26+/m1/s1. The van der Waals surface area contributed by atoms with Crippen LogP contribution in [0.25, 0.3) is 0 Å². The summed E-state index contributed by atoms with van der Waals surface area (Å²) in [4.78, 5) is 0. The molecule has 6 nitrogen and oxygen atoms in total. The van der Waals surface area contributed by atoms with Gasteiger partial charge in [0.05, 0.1) is 18.6 Å². The fraction of sp³-hybridized carbons (Fsp3) is 0.538. The van der Waals surface area contributed by atoms with Gasteiger partial charge in [-0.3, -0.25) is 0 Å². The molecule has 4 rings (SSSR count). The van der Waals surface area contributed by atoms with Crippen molar-refractivity contribution in [2.24, 2.45) is 0 Å². The van der Waals surface area contributed by atoms with Crippen molar-refractivity contribution in [3.8, 4) is 0 Å². The highest BCUT2D eigenvalue weighted by Crippen LogP contribution is 2.75. The SMILES string of the molecule is CC(C)c1ccc(C2C(O)[C@@]3(O)C(c4ccc(C(C)C)cc4)[C@@](O)([C@H](O)CO)[C@@]23O)cc1. The molecule has 0 spiro atoms. The Morgan fingerprint density at radius 3 is 1.62 bits per heavy atom. The van der Waals surface area contributed by atoms with Crippen LogP contribution < -0.4 is 0 Å². The predicted octanol–water partition coefficient (Wildman–Crippen LogP) is 1.74. The second kappa shape index (κ2) is 7.62. The van der Waals surface area contributed by atoms with Crippen LogP contribution in [0.15, 0.2) is 48.5 Å². The van der Waals surface area contributed by atoms with Gasteiger partial charge in [0.15, 0.2) is 0 Å². The largest absolute Gasteiger partial charge is 0.394 e. The van der Waals surface area contributed by atoms with E-state index >= 15 is 0 Å². The highest BCUT2D eigenvalue weighted by molar-refractivity contribution is 5.56. The lowest BCUT2D eigenvalue weighted by molar-refractivity contribution is -0.459. The topological polar surface area (TPSA) is 121 Å². The Labute approximate surface area is 188 Å². The van der Waals surface area contributed by atoms with Crippen LogP contribution in [0.5, 0.6) is 0 Å². The summed E-state index contributed by atoms with van der Waals surface area (Å²) in [7, 11) is 0. The number of rotatable bonds is 6. The molecule has 2 aliphatic rings. The fourth-order valence-electron chi connectivity index (χ4n) is 5.98. The molecule has 0 radical (unpaired) electrons. The van der Waals surface area contributed by atoms with Crippen LogP contribution in [0.4, 0.5) is 0 Å². The monoisotopic (exact) mass is 442 g/mol. The molecule has 0 amide bonds. The van der Waals surface area contributed by atoms with Crippen LogP contribution in [-0.4, -0.2) is 66.3 Å². The number of aliphatic hydroxyl groups excluding tert-OH is 3. The third-order valence-corrected chi connectivity index (χ3v) is 7.90. The molecule has 2 aromatic rings. The van der Waals surface area contributed by atoms with Gasteiger partial charge in [-0.1, -0.05) is 76.2 Å². The van der Waals surface area contributed by atoms with E-state index in [1.807, 2.05) is 38.1 Å². The Morgan fingerprint density at radius 2 is 1.22 bits per heavy atom. The van der Waals surface area contributed by atoms with Crippen molar-refractivity contribution >= 4 is 0 Å². The molecule has 2 aromatic carbocycles. The molecule has 6 heteroatoms. The molecule has 7 atom stereocenters. The zero-order chi connectivity index (χ0) is 23.6. The van der Waals surface area contributed by atoms with Crippen LogP contribution in [0.3, 0.4) is 0 Å². The van der Waals surface area contributed by atoms with E-state index in [1.165, 1.54) is 0 Å². The van der Waals surface area contributed by atoms with Crippen LogP contribution >= 0.6 is 0 Å². The zero-order valence-corrected chi connectivity index (χ0v) is 19.0. The molecule has 3 unspecified atom stereocenters.